The van der Waals surface area contributed by atoms with Crippen molar-refractivity contribution >= 4 is 17.5 Å². The number of anilines is 1. The van der Waals surface area contributed by atoms with Gasteiger partial charge in [0.05, 0.1) is 11.8 Å². The van der Waals surface area contributed by atoms with Gasteiger partial charge in [-0.15, -0.1) is 0 Å². The van der Waals surface area contributed by atoms with E-state index in [2.05, 4.69) is 17.4 Å². The molecule has 2 amide bonds. The number of fused-ring (bicyclic) bond motifs is 2. The molecule has 0 aromatic heterocycles. The molecule has 1 aliphatic heterocycles. The van der Waals surface area contributed by atoms with E-state index in [1.807, 2.05) is 43.3 Å². The highest BCUT2D eigenvalue weighted by atomic mass is 16.2. The zero-order valence-electron chi connectivity index (χ0n) is 14.5. The van der Waals surface area contributed by atoms with Gasteiger partial charge in [-0.1, -0.05) is 49.4 Å². The van der Waals surface area contributed by atoms with Gasteiger partial charge in [0.1, 0.15) is 0 Å². The number of amides is 2. The van der Waals surface area contributed by atoms with E-state index < -0.39 is 5.92 Å². The van der Waals surface area contributed by atoms with E-state index in [9.17, 15) is 9.59 Å². The zero-order valence-corrected chi connectivity index (χ0v) is 14.5. The van der Waals surface area contributed by atoms with Gasteiger partial charge in [0, 0.05) is 18.8 Å². The van der Waals surface area contributed by atoms with E-state index in [4.69, 9.17) is 0 Å². The van der Waals surface area contributed by atoms with Gasteiger partial charge in [0.2, 0.25) is 11.8 Å². The number of para-hydroxylation sites is 1. The third-order valence-electron chi connectivity index (χ3n) is 5.53. The van der Waals surface area contributed by atoms with Crippen molar-refractivity contribution in [1.82, 2.24) is 5.32 Å². The molecule has 4 nitrogen and oxygen atoms in total. The summed E-state index contributed by atoms with van der Waals surface area (Å²) in [5.41, 5.74) is 4.38. The topological polar surface area (TPSA) is 49.4 Å². The molecule has 0 bridgehead atoms. The van der Waals surface area contributed by atoms with Crippen LogP contribution in [0, 0.1) is 5.92 Å². The van der Waals surface area contributed by atoms with Crippen LogP contribution in [0.25, 0.3) is 0 Å². The highest BCUT2D eigenvalue weighted by molar-refractivity contribution is 6.03. The van der Waals surface area contributed by atoms with Crippen LogP contribution in [-0.2, 0) is 22.4 Å². The molecule has 0 fully saturated rings. The summed E-state index contributed by atoms with van der Waals surface area (Å²) in [7, 11) is 1.78. The SMILES string of the molecule is CC1C(=O)N(C)c2ccccc2C1C(=O)NC1Cc2ccccc2C1. The van der Waals surface area contributed by atoms with E-state index in [1.54, 1.807) is 11.9 Å². The molecule has 1 heterocycles. The van der Waals surface area contributed by atoms with Crippen molar-refractivity contribution in [2.24, 2.45) is 5.92 Å². The molecule has 1 aliphatic carbocycles. The highest BCUT2D eigenvalue weighted by Gasteiger charge is 2.40. The van der Waals surface area contributed by atoms with Gasteiger partial charge in [-0.25, -0.2) is 0 Å². The van der Waals surface area contributed by atoms with Gasteiger partial charge < -0.3 is 10.2 Å². The minimum atomic E-state index is -0.427. The number of benzene rings is 2. The Hall–Kier alpha value is -2.62. The minimum absolute atomic E-state index is 0.00596. The van der Waals surface area contributed by atoms with Crippen molar-refractivity contribution < 1.29 is 9.59 Å². The van der Waals surface area contributed by atoms with Crippen LogP contribution in [0.3, 0.4) is 0 Å². The molecule has 2 aromatic carbocycles. The van der Waals surface area contributed by atoms with Gasteiger partial charge in [-0.2, -0.15) is 0 Å². The first-order chi connectivity index (χ1) is 12.1. The molecule has 4 heteroatoms. The van der Waals surface area contributed by atoms with Gasteiger partial charge in [0.15, 0.2) is 0 Å². The Labute approximate surface area is 147 Å². The maximum absolute atomic E-state index is 13.0. The maximum atomic E-state index is 13.0. The smallest absolute Gasteiger partial charge is 0.230 e. The monoisotopic (exact) mass is 334 g/mol. The summed E-state index contributed by atoms with van der Waals surface area (Å²) < 4.78 is 0. The second-order valence-electron chi connectivity index (χ2n) is 7.10. The summed E-state index contributed by atoms with van der Waals surface area (Å²) in [4.78, 5) is 27.3. The lowest BCUT2D eigenvalue weighted by Gasteiger charge is -2.35. The normalized spacial score (nSPS) is 22.5. The average molecular weight is 334 g/mol. The maximum Gasteiger partial charge on any atom is 0.230 e. The van der Waals surface area contributed by atoms with Gasteiger partial charge in [-0.3, -0.25) is 9.59 Å². The Morgan fingerprint density at radius 2 is 1.64 bits per heavy atom. The third kappa shape index (κ3) is 2.62. The molecule has 4 rings (SSSR count). The summed E-state index contributed by atoms with van der Waals surface area (Å²) in [6.07, 6.45) is 1.72. The van der Waals surface area contributed by atoms with Crippen molar-refractivity contribution in [1.29, 1.82) is 0 Å². The van der Waals surface area contributed by atoms with Crippen LogP contribution in [0.2, 0.25) is 0 Å². The van der Waals surface area contributed by atoms with Gasteiger partial charge >= 0.3 is 0 Å². The number of rotatable bonds is 2. The number of hydrogen-bond acceptors (Lipinski definition) is 2. The Morgan fingerprint density at radius 3 is 2.32 bits per heavy atom. The third-order valence-corrected chi connectivity index (χ3v) is 5.53. The Morgan fingerprint density at radius 1 is 1.04 bits per heavy atom. The molecule has 0 saturated heterocycles. The minimum Gasteiger partial charge on any atom is -0.352 e. The molecule has 0 spiro atoms. The molecule has 2 aromatic rings. The van der Waals surface area contributed by atoms with Crippen molar-refractivity contribution in [2.45, 2.75) is 31.7 Å². The standard InChI is InChI=1S/C21H22N2O2/c1-13-19(17-9-5-6-10-18(17)23(2)21(13)25)20(24)22-16-11-14-7-3-4-8-15(14)12-16/h3-10,13,16,19H,11-12H2,1-2H3,(H,22,24). The van der Waals surface area contributed by atoms with Gasteiger partial charge in [0.25, 0.3) is 0 Å². The summed E-state index contributed by atoms with van der Waals surface area (Å²) in [5.74, 6) is -0.833. The summed E-state index contributed by atoms with van der Waals surface area (Å²) in [6, 6.07) is 16.1. The second kappa shape index (κ2) is 6.03. The lowest BCUT2D eigenvalue weighted by Crippen LogP contribution is -2.47. The quantitative estimate of drug-likeness (QED) is 0.918. The first-order valence-electron chi connectivity index (χ1n) is 8.80. The summed E-state index contributed by atoms with van der Waals surface area (Å²) in [6.45, 7) is 1.85. The molecule has 2 unspecified atom stereocenters. The first-order valence-corrected chi connectivity index (χ1v) is 8.80. The van der Waals surface area contributed by atoms with Crippen molar-refractivity contribution in [3.8, 4) is 0 Å². The lowest BCUT2D eigenvalue weighted by molar-refractivity contribution is -0.130. The van der Waals surface area contributed by atoms with Crippen LogP contribution in [0.15, 0.2) is 48.5 Å². The van der Waals surface area contributed by atoms with Gasteiger partial charge in [-0.05, 0) is 35.6 Å². The van der Waals surface area contributed by atoms with Crippen LogP contribution in [-0.4, -0.2) is 24.9 Å². The van der Waals surface area contributed by atoms with Crippen LogP contribution in [0.5, 0.6) is 0 Å². The number of carbonyl (C=O) groups excluding carboxylic acids is 2. The number of nitrogens with zero attached hydrogens (tertiary/aromatic N) is 1. The van der Waals surface area contributed by atoms with E-state index >= 15 is 0 Å². The summed E-state index contributed by atoms with van der Waals surface area (Å²) in [5, 5.41) is 3.19. The molecule has 128 valence electrons. The van der Waals surface area contributed by atoms with Crippen molar-refractivity contribution in [2.75, 3.05) is 11.9 Å². The first kappa shape index (κ1) is 15.9. The molecule has 2 atom stereocenters. The lowest BCUT2D eigenvalue weighted by atomic mass is 9.81. The largest absolute Gasteiger partial charge is 0.352 e. The van der Waals surface area contributed by atoms with E-state index in [0.717, 1.165) is 24.1 Å². The van der Waals surface area contributed by atoms with Crippen LogP contribution >= 0.6 is 0 Å². The summed E-state index contributed by atoms with van der Waals surface area (Å²) >= 11 is 0. The van der Waals surface area contributed by atoms with Crippen LogP contribution < -0.4 is 10.2 Å². The number of nitrogens with one attached hydrogen (secondary N) is 1. The highest BCUT2D eigenvalue weighted by Crippen LogP contribution is 2.39. The fraction of sp³-hybridized carbons (Fsp3) is 0.333. The molecular weight excluding hydrogens is 312 g/mol. The van der Waals surface area contributed by atoms with E-state index in [1.165, 1.54) is 11.1 Å². The zero-order chi connectivity index (χ0) is 17.6. The number of hydrogen-bond donors (Lipinski definition) is 1. The van der Waals surface area contributed by atoms with Crippen LogP contribution in [0.4, 0.5) is 5.69 Å². The van der Waals surface area contributed by atoms with Crippen molar-refractivity contribution in [3.63, 3.8) is 0 Å². The molecular formula is C21H22N2O2. The molecule has 1 N–H and O–H groups in total. The molecule has 0 radical (unpaired) electrons. The Balaban J connectivity index is 1.58. The second-order valence-corrected chi connectivity index (χ2v) is 7.10. The molecule has 25 heavy (non-hydrogen) atoms. The predicted molar refractivity (Wildman–Crippen MR) is 97.5 cm³/mol. The van der Waals surface area contributed by atoms with E-state index in [-0.39, 0.29) is 23.8 Å². The van der Waals surface area contributed by atoms with E-state index in [0.29, 0.717) is 0 Å². The molecule has 2 aliphatic rings. The Kier molecular flexibility index (Phi) is 3.83. The number of carbonyl (C=O) groups is 2. The molecule has 0 saturated carbocycles. The Bertz CT molecular complexity index is 820. The van der Waals surface area contributed by atoms with Crippen LogP contribution in [0.1, 0.15) is 29.5 Å². The predicted octanol–water partition coefficient (Wildman–Crippen LogP) is 2.67. The fourth-order valence-electron chi connectivity index (χ4n) is 4.21. The van der Waals surface area contributed by atoms with Crippen molar-refractivity contribution in [3.05, 3.63) is 65.2 Å². The average Bonchev–Trinajstić information content (AvgIpc) is 3.02. The fourth-order valence-corrected chi connectivity index (χ4v) is 4.21.